The summed E-state index contributed by atoms with van der Waals surface area (Å²) < 4.78 is 78.9. The van der Waals surface area contributed by atoms with Crippen LogP contribution in [0.15, 0.2) is 113 Å². The summed E-state index contributed by atoms with van der Waals surface area (Å²) in [5.74, 6) is -0.361. The number of nitrogens with zero attached hydrogens (tertiary/aromatic N) is 5. The van der Waals surface area contributed by atoms with E-state index in [9.17, 15) is 26.4 Å². The molecular formula is C42H53N6O10S2+. The number of aryl methyl sites for hydroxylation is 2. The Morgan fingerprint density at radius 3 is 2.00 bits per heavy atom. The lowest BCUT2D eigenvalue weighted by Crippen LogP contribution is -2.55. The summed E-state index contributed by atoms with van der Waals surface area (Å²) >= 11 is 0. The molecule has 60 heavy (non-hydrogen) atoms. The quantitative estimate of drug-likeness (QED) is 0.0509. The van der Waals surface area contributed by atoms with Crippen LogP contribution in [-0.4, -0.2) is 96.0 Å². The fourth-order valence-corrected chi connectivity index (χ4v) is 9.66. The number of H-pyrrole nitrogens is 1. The minimum atomic E-state index is -4.19. The lowest BCUT2D eigenvalue weighted by Gasteiger charge is -2.40. The van der Waals surface area contributed by atoms with Gasteiger partial charge in [0.25, 0.3) is 25.8 Å². The first kappa shape index (κ1) is 44.7. The van der Waals surface area contributed by atoms with Crippen molar-refractivity contribution < 1.29 is 39.2 Å². The van der Waals surface area contributed by atoms with E-state index in [4.69, 9.17) is 17.8 Å². The molecule has 0 spiro atoms. The molecule has 3 heterocycles. The highest BCUT2D eigenvalue weighted by Gasteiger charge is 2.44. The Labute approximate surface area is 350 Å². The van der Waals surface area contributed by atoms with Crippen LogP contribution < -0.4 is 11.2 Å². The van der Waals surface area contributed by atoms with Crippen molar-refractivity contribution in [1.82, 2.24) is 24.5 Å². The second-order valence-corrected chi connectivity index (χ2v) is 18.4. The number of nitrogens with one attached hydrogen (secondary N) is 1. The van der Waals surface area contributed by atoms with Gasteiger partial charge in [-0.2, -0.15) is 16.8 Å². The first-order valence-corrected chi connectivity index (χ1v) is 23.3. The standard InChI is InChI=1S/C42H52N6O10S2/c1-6-48(7-2,32(4)57-59(5,51)52)29-36-28-46(45-44-36)24-17-25-60(53,54)58-37-26-39(47-27-31(3)40(49)43-41(47)50)56-38(37)30-55-42(33-18-11-8-12-19-33,34-20-13-9-14-21-34)35-22-15-10-16-23-35/h8-16,18-23,27-28,32,37-39H,6-7,17,24-26,29-30H2,1-5H3/p+1/t32?,37-,38+,39-/m1/s1. The Bertz CT molecular complexity index is 2430. The van der Waals surface area contributed by atoms with Crippen molar-refractivity contribution in [3.63, 3.8) is 0 Å². The predicted molar refractivity (Wildman–Crippen MR) is 223 cm³/mol. The zero-order valence-electron chi connectivity index (χ0n) is 34.4. The molecule has 0 radical (unpaired) electrons. The SMILES string of the molecule is CC[N+](CC)(Cc1cn(CCCS(=O)(=O)O[C@@H]2C[C@H](n3cc(C)c(=O)[nH]c3=O)O[C@H]2COC(c2ccccc2)(c2ccccc2)c2ccccc2)nn1)C(C)OS(C)(=O)=O. The smallest absolute Gasteiger partial charge is 0.330 e. The van der Waals surface area contributed by atoms with E-state index >= 15 is 0 Å². The zero-order chi connectivity index (χ0) is 43.1. The van der Waals surface area contributed by atoms with Gasteiger partial charge in [0.05, 0.1) is 37.9 Å². The Morgan fingerprint density at radius 2 is 1.47 bits per heavy atom. The van der Waals surface area contributed by atoms with E-state index in [-0.39, 0.29) is 41.8 Å². The normalized spacial score (nSPS) is 18.1. The number of ether oxygens (including phenoxy) is 2. The second kappa shape index (κ2) is 18.8. The number of aromatic nitrogens is 5. The highest BCUT2D eigenvalue weighted by molar-refractivity contribution is 7.86. The van der Waals surface area contributed by atoms with E-state index in [0.717, 1.165) is 22.9 Å². The molecule has 0 bridgehead atoms. The number of quaternary nitrogens is 1. The molecule has 6 rings (SSSR count). The summed E-state index contributed by atoms with van der Waals surface area (Å²) in [4.78, 5) is 27.6. The number of hydrogen-bond donors (Lipinski definition) is 1. The van der Waals surface area contributed by atoms with Crippen LogP contribution >= 0.6 is 0 Å². The molecular weight excluding hydrogens is 813 g/mol. The maximum atomic E-state index is 13.7. The Balaban J connectivity index is 1.22. The molecule has 1 aliphatic rings. The molecule has 18 heteroatoms. The Morgan fingerprint density at radius 1 is 0.900 bits per heavy atom. The van der Waals surface area contributed by atoms with Crippen LogP contribution in [0.3, 0.4) is 0 Å². The topological polar surface area (TPSA) is 191 Å². The molecule has 5 aromatic rings. The summed E-state index contributed by atoms with van der Waals surface area (Å²) in [6.45, 7) is 8.75. The summed E-state index contributed by atoms with van der Waals surface area (Å²) in [7, 11) is -7.87. The molecule has 1 aliphatic heterocycles. The zero-order valence-corrected chi connectivity index (χ0v) is 36.0. The molecule has 322 valence electrons. The summed E-state index contributed by atoms with van der Waals surface area (Å²) in [5.41, 5.74) is 0.981. The second-order valence-electron chi connectivity index (χ2n) is 15.1. The third-order valence-corrected chi connectivity index (χ3v) is 13.1. The van der Waals surface area contributed by atoms with Gasteiger partial charge < -0.3 is 9.47 Å². The third kappa shape index (κ3) is 10.4. The summed E-state index contributed by atoms with van der Waals surface area (Å²) in [6, 6.07) is 29.1. The first-order chi connectivity index (χ1) is 28.6. The van der Waals surface area contributed by atoms with Crippen LogP contribution in [-0.2, 0) is 56.8 Å². The van der Waals surface area contributed by atoms with E-state index in [1.165, 1.54) is 10.8 Å². The first-order valence-electron chi connectivity index (χ1n) is 19.9. The average molecular weight is 866 g/mol. The minimum absolute atomic E-state index is 0.0313. The van der Waals surface area contributed by atoms with Crippen molar-refractivity contribution >= 4 is 20.2 Å². The summed E-state index contributed by atoms with van der Waals surface area (Å²) in [5, 5.41) is 8.47. The number of hydrogen-bond acceptors (Lipinski definition) is 12. The Hall–Kier alpha value is -4.82. The molecule has 16 nitrogen and oxygen atoms in total. The van der Waals surface area contributed by atoms with Crippen molar-refractivity contribution in [3.8, 4) is 0 Å². The minimum Gasteiger partial charge on any atom is -0.358 e. The third-order valence-electron chi connectivity index (χ3n) is 11.1. The average Bonchev–Trinajstić information content (AvgIpc) is 3.84. The van der Waals surface area contributed by atoms with Crippen molar-refractivity contribution in [2.45, 2.75) is 83.9 Å². The van der Waals surface area contributed by atoms with Gasteiger partial charge in [-0.05, 0) is 43.9 Å². The van der Waals surface area contributed by atoms with Gasteiger partial charge in [0.1, 0.15) is 36.3 Å². The molecule has 1 unspecified atom stereocenters. The van der Waals surface area contributed by atoms with Crippen LogP contribution in [0.1, 0.15) is 67.8 Å². The van der Waals surface area contributed by atoms with Crippen LogP contribution in [0.2, 0.25) is 0 Å². The molecule has 2 aromatic heterocycles. The summed E-state index contributed by atoms with van der Waals surface area (Å²) in [6.07, 6.45) is 0.553. The molecule has 3 aromatic carbocycles. The molecule has 4 atom stereocenters. The van der Waals surface area contributed by atoms with Crippen LogP contribution in [0.5, 0.6) is 0 Å². The number of rotatable bonds is 20. The van der Waals surface area contributed by atoms with Gasteiger partial charge in [-0.15, -0.1) is 5.10 Å². The van der Waals surface area contributed by atoms with E-state index in [2.05, 4.69) is 15.3 Å². The molecule has 0 aliphatic carbocycles. The van der Waals surface area contributed by atoms with Gasteiger partial charge in [0.2, 0.25) is 6.23 Å². The Kier molecular flexibility index (Phi) is 14.0. The molecule has 0 saturated carbocycles. The maximum absolute atomic E-state index is 13.7. The van der Waals surface area contributed by atoms with Crippen molar-refractivity contribution in [3.05, 3.63) is 152 Å². The fraction of sp³-hybridized carbons (Fsp3) is 0.429. The highest BCUT2D eigenvalue weighted by Crippen LogP contribution is 2.42. The molecule has 1 saturated heterocycles. The number of benzene rings is 3. The molecule has 0 amide bonds. The van der Waals surface area contributed by atoms with E-state index in [1.54, 1.807) is 24.7 Å². The van der Waals surface area contributed by atoms with E-state index in [1.807, 2.05) is 105 Å². The fourth-order valence-electron chi connectivity index (χ4n) is 7.82. The van der Waals surface area contributed by atoms with Crippen LogP contribution in [0.25, 0.3) is 0 Å². The van der Waals surface area contributed by atoms with Gasteiger partial charge in [-0.3, -0.25) is 27.7 Å². The van der Waals surface area contributed by atoms with Crippen LogP contribution in [0.4, 0.5) is 0 Å². The van der Waals surface area contributed by atoms with Crippen LogP contribution in [0, 0.1) is 6.92 Å². The van der Waals surface area contributed by atoms with Gasteiger partial charge in [0.15, 0.2) is 0 Å². The van der Waals surface area contributed by atoms with Gasteiger partial charge in [0, 0.05) is 31.6 Å². The molecule has 1 N–H and O–H groups in total. The van der Waals surface area contributed by atoms with E-state index in [0.29, 0.717) is 25.3 Å². The largest absolute Gasteiger partial charge is 0.358 e. The van der Waals surface area contributed by atoms with Gasteiger partial charge in [-0.1, -0.05) is 96.2 Å². The molecule has 1 fully saturated rings. The predicted octanol–water partition coefficient (Wildman–Crippen LogP) is 4.22. The lowest BCUT2D eigenvalue weighted by molar-refractivity contribution is -0.975. The van der Waals surface area contributed by atoms with Gasteiger partial charge in [-0.25, -0.2) is 8.98 Å². The van der Waals surface area contributed by atoms with Gasteiger partial charge >= 0.3 is 5.69 Å². The monoisotopic (exact) mass is 865 g/mol. The van der Waals surface area contributed by atoms with E-state index < -0.39 is 61.8 Å². The number of aromatic amines is 1. The lowest BCUT2D eigenvalue weighted by atomic mass is 9.80. The van der Waals surface area contributed by atoms with Crippen molar-refractivity contribution in [1.29, 1.82) is 0 Å². The van der Waals surface area contributed by atoms with Crippen molar-refractivity contribution in [2.24, 2.45) is 0 Å². The highest BCUT2D eigenvalue weighted by atomic mass is 32.2. The maximum Gasteiger partial charge on any atom is 0.330 e. The van der Waals surface area contributed by atoms with Crippen molar-refractivity contribution in [2.75, 3.05) is 31.7 Å².